The first-order chi connectivity index (χ1) is 4.75. The molecule has 0 aromatic carbocycles. The van der Waals surface area contributed by atoms with E-state index >= 15 is 0 Å². The van der Waals surface area contributed by atoms with Crippen molar-refractivity contribution in [1.82, 2.24) is 0 Å². The van der Waals surface area contributed by atoms with Gasteiger partial charge in [-0.2, -0.15) is 0 Å². The van der Waals surface area contributed by atoms with Crippen molar-refractivity contribution in [3.63, 3.8) is 0 Å². The molecule has 0 amide bonds. The van der Waals surface area contributed by atoms with Gasteiger partial charge in [0.15, 0.2) is 0 Å². The summed E-state index contributed by atoms with van der Waals surface area (Å²) in [6, 6.07) is 0. The predicted molar refractivity (Wildman–Crippen MR) is 45.5 cm³/mol. The van der Waals surface area contributed by atoms with Crippen molar-refractivity contribution in [1.29, 1.82) is 0 Å². The maximum atomic E-state index is 5.90. The Bertz CT molecular complexity index is 174. The Morgan fingerprint density at radius 1 is 1.80 bits per heavy atom. The van der Waals surface area contributed by atoms with Gasteiger partial charge in [-0.1, -0.05) is 6.92 Å². The van der Waals surface area contributed by atoms with Gasteiger partial charge in [-0.3, -0.25) is 9.98 Å². The lowest BCUT2D eigenvalue weighted by atomic mass is 10.0. The number of rotatable bonds is 0. The van der Waals surface area contributed by atoms with Gasteiger partial charge in [0.25, 0.3) is 0 Å². The van der Waals surface area contributed by atoms with Gasteiger partial charge in [0.2, 0.25) is 0 Å². The third-order valence-corrected chi connectivity index (χ3v) is 2.00. The van der Waals surface area contributed by atoms with Gasteiger partial charge in [0.1, 0.15) is 5.38 Å². The van der Waals surface area contributed by atoms with Crippen LogP contribution in [-0.2, 0) is 0 Å². The van der Waals surface area contributed by atoms with Crippen molar-refractivity contribution in [2.45, 2.75) is 12.3 Å². The van der Waals surface area contributed by atoms with Crippen LogP contribution in [0.25, 0.3) is 0 Å². The average Bonchev–Trinajstić information content (AvgIpc) is 1.88. The fraction of sp³-hybridized carbons (Fsp3) is 0.714. The molecule has 0 aromatic rings. The second-order valence-corrected chi connectivity index (χ2v) is 2.94. The summed E-state index contributed by atoms with van der Waals surface area (Å²) < 4.78 is 0. The van der Waals surface area contributed by atoms with Crippen LogP contribution in [0.2, 0.25) is 0 Å². The van der Waals surface area contributed by atoms with Crippen molar-refractivity contribution in [2.75, 3.05) is 13.6 Å². The van der Waals surface area contributed by atoms with Gasteiger partial charge in [-0.25, -0.2) is 0 Å². The first kappa shape index (κ1) is 7.73. The molecule has 0 N–H and O–H groups in total. The van der Waals surface area contributed by atoms with Crippen LogP contribution in [0.4, 0.5) is 0 Å². The zero-order valence-corrected chi connectivity index (χ0v) is 6.97. The molecule has 0 saturated carbocycles. The molecule has 0 aliphatic carbocycles. The minimum absolute atomic E-state index is 0.0752. The van der Waals surface area contributed by atoms with Gasteiger partial charge >= 0.3 is 0 Å². The van der Waals surface area contributed by atoms with Gasteiger partial charge in [-0.05, 0) is 0 Å². The molecule has 2 atom stereocenters. The summed E-state index contributed by atoms with van der Waals surface area (Å²) in [5.74, 6) is 0.414. The Labute approximate surface area is 66.0 Å². The highest BCUT2D eigenvalue weighted by molar-refractivity contribution is 6.41. The summed E-state index contributed by atoms with van der Waals surface area (Å²) in [5, 5.41) is -0.0752. The van der Waals surface area contributed by atoms with Gasteiger partial charge < -0.3 is 0 Å². The summed E-state index contributed by atoms with van der Waals surface area (Å²) in [4.78, 5) is 8.20. The minimum atomic E-state index is -0.0752. The first-order valence-electron chi connectivity index (χ1n) is 3.36. The summed E-state index contributed by atoms with van der Waals surface area (Å²) in [7, 11) is 1.78. The van der Waals surface area contributed by atoms with E-state index in [1.807, 2.05) is 0 Å². The molecule has 0 radical (unpaired) electrons. The maximum Gasteiger partial charge on any atom is 0.106 e. The monoisotopic (exact) mass is 158 g/mol. The Hall–Kier alpha value is -0.370. The second-order valence-electron chi connectivity index (χ2n) is 2.47. The first-order valence-corrected chi connectivity index (χ1v) is 3.80. The smallest absolute Gasteiger partial charge is 0.106 e. The third-order valence-electron chi connectivity index (χ3n) is 1.66. The van der Waals surface area contributed by atoms with E-state index in [9.17, 15) is 0 Å². The molecular weight excluding hydrogens is 148 g/mol. The molecule has 10 heavy (non-hydrogen) atoms. The third kappa shape index (κ3) is 1.37. The van der Waals surface area contributed by atoms with Crippen LogP contribution in [0, 0.1) is 5.92 Å². The van der Waals surface area contributed by atoms with E-state index in [0.29, 0.717) is 5.92 Å². The Morgan fingerprint density at radius 2 is 2.50 bits per heavy atom. The lowest BCUT2D eigenvalue weighted by Gasteiger charge is -2.18. The van der Waals surface area contributed by atoms with Crippen molar-refractivity contribution in [3.05, 3.63) is 0 Å². The van der Waals surface area contributed by atoms with E-state index in [1.165, 1.54) is 0 Å². The topological polar surface area (TPSA) is 24.7 Å². The quantitative estimate of drug-likeness (QED) is 0.476. The fourth-order valence-corrected chi connectivity index (χ4v) is 1.49. The largest absolute Gasteiger partial charge is 0.295 e. The van der Waals surface area contributed by atoms with E-state index in [4.69, 9.17) is 11.6 Å². The normalized spacial score (nSPS) is 36.9. The molecular formula is C7H11ClN2. The molecule has 2 unspecified atom stereocenters. The van der Waals surface area contributed by atoms with E-state index in [2.05, 4.69) is 16.9 Å². The molecule has 1 rings (SSSR count). The van der Waals surface area contributed by atoms with Crippen LogP contribution in [0.5, 0.6) is 0 Å². The number of alkyl halides is 1. The second kappa shape index (κ2) is 3.15. The summed E-state index contributed by atoms with van der Waals surface area (Å²) in [5.41, 5.74) is 1.05. The number of aliphatic imine (C=N–C) groups is 2. The van der Waals surface area contributed by atoms with Crippen molar-refractivity contribution in [2.24, 2.45) is 15.9 Å². The molecule has 0 aromatic heterocycles. The van der Waals surface area contributed by atoms with Gasteiger partial charge in [0, 0.05) is 31.4 Å². The minimum Gasteiger partial charge on any atom is -0.295 e. The molecule has 1 aliphatic rings. The molecule has 0 spiro atoms. The molecule has 2 nitrogen and oxygen atoms in total. The summed E-state index contributed by atoms with van der Waals surface area (Å²) in [6.45, 7) is 2.92. The lowest BCUT2D eigenvalue weighted by molar-refractivity contribution is 0.762. The Kier molecular flexibility index (Phi) is 2.44. The lowest BCUT2D eigenvalue weighted by Crippen LogP contribution is -2.29. The highest BCUT2D eigenvalue weighted by Gasteiger charge is 2.20. The van der Waals surface area contributed by atoms with Crippen LogP contribution in [0.1, 0.15) is 6.92 Å². The number of nitrogens with zero attached hydrogens (tertiary/aromatic N) is 2. The van der Waals surface area contributed by atoms with E-state index in [1.54, 1.807) is 13.3 Å². The fourth-order valence-electron chi connectivity index (χ4n) is 1.10. The number of hydrogen-bond acceptors (Lipinski definition) is 2. The highest BCUT2D eigenvalue weighted by Crippen LogP contribution is 2.12. The van der Waals surface area contributed by atoms with Crippen LogP contribution in [-0.4, -0.2) is 30.9 Å². The maximum absolute atomic E-state index is 5.90. The number of halogens is 1. The van der Waals surface area contributed by atoms with Gasteiger partial charge in [0.05, 0.1) is 0 Å². The molecule has 0 saturated heterocycles. The van der Waals surface area contributed by atoms with Gasteiger partial charge in [-0.15, -0.1) is 11.6 Å². The van der Waals surface area contributed by atoms with Crippen molar-refractivity contribution in [3.8, 4) is 0 Å². The molecule has 0 fully saturated rings. The number of hydrogen-bond donors (Lipinski definition) is 0. The van der Waals surface area contributed by atoms with Crippen molar-refractivity contribution >= 4 is 23.5 Å². The predicted octanol–water partition coefficient (Wildman–Crippen LogP) is 1.39. The molecule has 1 heterocycles. The highest BCUT2D eigenvalue weighted by atomic mass is 35.5. The molecule has 0 bridgehead atoms. The van der Waals surface area contributed by atoms with Crippen LogP contribution >= 0.6 is 11.6 Å². The average molecular weight is 159 g/mol. The van der Waals surface area contributed by atoms with E-state index in [0.717, 1.165) is 12.3 Å². The standard InChI is InChI=1S/C7H11ClN2/c1-5-3-10-4-6(8)7(5)9-2/h4-6H,3H2,1-2H3. The Morgan fingerprint density at radius 3 is 2.90 bits per heavy atom. The molecule has 1 aliphatic heterocycles. The summed E-state index contributed by atoms with van der Waals surface area (Å²) >= 11 is 5.90. The molecule has 3 heteroatoms. The zero-order valence-electron chi connectivity index (χ0n) is 6.21. The van der Waals surface area contributed by atoms with E-state index < -0.39 is 0 Å². The SMILES string of the molecule is CN=C1C(Cl)C=NCC1C. The van der Waals surface area contributed by atoms with Crippen molar-refractivity contribution < 1.29 is 0 Å². The molecule has 56 valence electrons. The van der Waals surface area contributed by atoms with Crippen LogP contribution < -0.4 is 0 Å². The zero-order chi connectivity index (χ0) is 7.56. The van der Waals surface area contributed by atoms with Crippen LogP contribution in [0.3, 0.4) is 0 Å². The Balaban J connectivity index is 2.78. The van der Waals surface area contributed by atoms with Crippen LogP contribution in [0.15, 0.2) is 9.98 Å². The summed E-state index contributed by atoms with van der Waals surface area (Å²) in [6.07, 6.45) is 1.75. The van der Waals surface area contributed by atoms with E-state index in [-0.39, 0.29) is 5.38 Å².